The van der Waals surface area contributed by atoms with Gasteiger partial charge >= 0.3 is 0 Å². The highest BCUT2D eigenvalue weighted by atomic mass is 16.7. The van der Waals surface area contributed by atoms with Gasteiger partial charge < -0.3 is 14.8 Å². The van der Waals surface area contributed by atoms with Crippen molar-refractivity contribution in [1.29, 1.82) is 0 Å². The number of nitrogens with zero attached hydrogens (tertiary/aromatic N) is 1. The van der Waals surface area contributed by atoms with E-state index in [1.165, 1.54) is 24.3 Å². The number of nitrogens with one attached hydrogen (secondary N) is 1. The fraction of sp³-hybridized carbons (Fsp3) is 0.0625. The van der Waals surface area contributed by atoms with Gasteiger partial charge in [0.05, 0.1) is 4.92 Å². The van der Waals surface area contributed by atoms with Gasteiger partial charge in [-0.25, -0.2) is 0 Å². The average molecular weight is 312 g/mol. The molecule has 1 heterocycles. The average Bonchev–Trinajstić information content (AvgIpc) is 3.01. The van der Waals surface area contributed by atoms with Gasteiger partial charge in [0.1, 0.15) is 0 Å². The molecule has 0 saturated carbocycles. The molecule has 0 atom stereocenters. The quantitative estimate of drug-likeness (QED) is 0.532. The lowest BCUT2D eigenvalue weighted by molar-refractivity contribution is -0.384. The van der Waals surface area contributed by atoms with Crippen molar-refractivity contribution in [3.05, 3.63) is 64.2 Å². The summed E-state index contributed by atoms with van der Waals surface area (Å²) in [6.07, 6.45) is 2.82. The molecule has 0 aliphatic carbocycles. The molecular weight excluding hydrogens is 300 g/mol. The minimum atomic E-state index is -0.482. The number of non-ortho nitro benzene ring substituents is 1. The van der Waals surface area contributed by atoms with E-state index in [0.29, 0.717) is 22.7 Å². The Morgan fingerprint density at radius 3 is 2.83 bits per heavy atom. The number of rotatable bonds is 4. The first-order chi connectivity index (χ1) is 11.1. The van der Waals surface area contributed by atoms with E-state index < -0.39 is 4.92 Å². The standard InChI is InChI=1S/C16H12N2O5/c19-16(7-4-11-2-1-3-13(8-11)18(20)21)17-12-5-6-14-15(9-12)23-10-22-14/h1-9H,10H2,(H,17,19)/b7-4+. The molecule has 1 amide bonds. The Morgan fingerprint density at radius 1 is 1.17 bits per heavy atom. The zero-order chi connectivity index (χ0) is 16.2. The van der Waals surface area contributed by atoms with Crippen molar-refractivity contribution >= 4 is 23.4 Å². The van der Waals surface area contributed by atoms with E-state index >= 15 is 0 Å². The summed E-state index contributed by atoms with van der Waals surface area (Å²) in [4.78, 5) is 22.1. The number of amides is 1. The number of hydrogen-bond donors (Lipinski definition) is 1. The van der Waals surface area contributed by atoms with Crippen LogP contribution in [0, 0.1) is 10.1 Å². The fourth-order valence-electron chi connectivity index (χ4n) is 2.07. The van der Waals surface area contributed by atoms with Crippen LogP contribution in [0.5, 0.6) is 11.5 Å². The Labute approximate surface area is 131 Å². The van der Waals surface area contributed by atoms with Gasteiger partial charge in [-0.1, -0.05) is 12.1 Å². The predicted octanol–water partition coefficient (Wildman–Crippen LogP) is 2.98. The summed E-state index contributed by atoms with van der Waals surface area (Å²) in [5, 5.41) is 13.4. The molecule has 1 N–H and O–H groups in total. The number of nitro benzene ring substituents is 1. The molecule has 3 rings (SSSR count). The van der Waals surface area contributed by atoms with Gasteiger partial charge in [0, 0.05) is 30.0 Å². The Balaban J connectivity index is 1.67. The van der Waals surface area contributed by atoms with Crippen LogP contribution in [0.15, 0.2) is 48.5 Å². The minimum absolute atomic E-state index is 0.0247. The molecule has 0 spiro atoms. The highest BCUT2D eigenvalue weighted by Gasteiger charge is 2.13. The van der Waals surface area contributed by atoms with Crippen LogP contribution >= 0.6 is 0 Å². The zero-order valence-electron chi connectivity index (χ0n) is 11.9. The molecule has 0 bridgehead atoms. The van der Waals surface area contributed by atoms with E-state index in [1.807, 2.05) is 0 Å². The molecule has 7 nitrogen and oxygen atoms in total. The van der Waals surface area contributed by atoms with Gasteiger partial charge in [0.15, 0.2) is 11.5 Å². The summed E-state index contributed by atoms with van der Waals surface area (Å²) in [7, 11) is 0. The van der Waals surface area contributed by atoms with Crippen LogP contribution < -0.4 is 14.8 Å². The Bertz CT molecular complexity index is 801. The van der Waals surface area contributed by atoms with Gasteiger partial charge in [-0.15, -0.1) is 0 Å². The van der Waals surface area contributed by atoms with Gasteiger partial charge in [-0.3, -0.25) is 14.9 Å². The summed E-state index contributed by atoms with van der Waals surface area (Å²) < 4.78 is 10.4. The topological polar surface area (TPSA) is 90.7 Å². The van der Waals surface area contributed by atoms with Crippen molar-refractivity contribution in [3.63, 3.8) is 0 Å². The highest BCUT2D eigenvalue weighted by Crippen LogP contribution is 2.34. The molecule has 2 aromatic carbocycles. The number of anilines is 1. The highest BCUT2D eigenvalue weighted by molar-refractivity contribution is 6.02. The lowest BCUT2D eigenvalue weighted by Crippen LogP contribution is -2.07. The van der Waals surface area contributed by atoms with E-state index in [4.69, 9.17) is 9.47 Å². The summed E-state index contributed by atoms with van der Waals surface area (Å²) in [6, 6.07) is 11.1. The molecule has 116 valence electrons. The normalized spacial score (nSPS) is 12.3. The van der Waals surface area contributed by atoms with Crippen LogP contribution in [-0.4, -0.2) is 17.6 Å². The third kappa shape index (κ3) is 3.46. The lowest BCUT2D eigenvalue weighted by Gasteiger charge is -2.03. The first kappa shape index (κ1) is 14.6. The van der Waals surface area contributed by atoms with E-state index in [9.17, 15) is 14.9 Å². The summed E-state index contributed by atoms with van der Waals surface area (Å²) >= 11 is 0. The SMILES string of the molecule is O=C(/C=C/c1cccc([N+](=O)[O-])c1)Nc1ccc2c(c1)OCO2. The predicted molar refractivity (Wildman–Crippen MR) is 83.3 cm³/mol. The zero-order valence-corrected chi connectivity index (χ0v) is 11.9. The Hall–Kier alpha value is -3.35. The summed E-state index contributed by atoms with van der Waals surface area (Å²) in [5.41, 5.74) is 1.12. The molecule has 7 heteroatoms. The number of carbonyl (C=O) groups is 1. The van der Waals surface area contributed by atoms with Crippen LogP contribution in [0.3, 0.4) is 0 Å². The second-order valence-electron chi connectivity index (χ2n) is 4.74. The van der Waals surface area contributed by atoms with Crippen molar-refractivity contribution in [2.75, 3.05) is 12.1 Å². The summed E-state index contributed by atoms with van der Waals surface area (Å²) in [5.74, 6) is 0.857. The maximum atomic E-state index is 11.9. The number of ether oxygens (including phenoxy) is 2. The number of benzene rings is 2. The van der Waals surface area contributed by atoms with Crippen LogP contribution in [0.25, 0.3) is 6.08 Å². The Kier molecular flexibility index (Phi) is 3.92. The van der Waals surface area contributed by atoms with E-state index in [1.54, 1.807) is 30.3 Å². The second-order valence-corrected chi connectivity index (χ2v) is 4.74. The number of hydrogen-bond acceptors (Lipinski definition) is 5. The molecule has 1 aliphatic rings. The molecule has 0 aromatic heterocycles. The Morgan fingerprint density at radius 2 is 2.00 bits per heavy atom. The maximum Gasteiger partial charge on any atom is 0.270 e. The van der Waals surface area contributed by atoms with E-state index in [0.717, 1.165) is 0 Å². The van der Waals surface area contributed by atoms with Crippen LogP contribution in [0.1, 0.15) is 5.56 Å². The van der Waals surface area contributed by atoms with Crippen LogP contribution in [0.2, 0.25) is 0 Å². The summed E-state index contributed by atoms with van der Waals surface area (Å²) in [6.45, 7) is 0.166. The number of fused-ring (bicyclic) bond motifs is 1. The van der Waals surface area contributed by atoms with Gasteiger partial charge in [-0.2, -0.15) is 0 Å². The van der Waals surface area contributed by atoms with Crippen molar-refractivity contribution < 1.29 is 19.2 Å². The van der Waals surface area contributed by atoms with Gasteiger partial charge in [0.2, 0.25) is 12.7 Å². The van der Waals surface area contributed by atoms with Crippen LogP contribution in [-0.2, 0) is 4.79 Å². The first-order valence-electron chi connectivity index (χ1n) is 6.75. The van der Waals surface area contributed by atoms with Crippen molar-refractivity contribution in [2.45, 2.75) is 0 Å². The third-order valence-electron chi connectivity index (χ3n) is 3.15. The molecule has 23 heavy (non-hydrogen) atoms. The van der Waals surface area contributed by atoms with Gasteiger partial charge in [-0.05, 0) is 23.8 Å². The van der Waals surface area contributed by atoms with E-state index in [2.05, 4.69) is 5.32 Å². The van der Waals surface area contributed by atoms with E-state index in [-0.39, 0.29) is 18.4 Å². The van der Waals surface area contributed by atoms with Crippen molar-refractivity contribution in [1.82, 2.24) is 0 Å². The van der Waals surface area contributed by atoms with Gasteiger partial charge in [0.25, 0.3) is 5.69 Å². The fourth-order valence-corrected chi connectivity index (χ4v) is 2.07. The largest absolute Gasteiger partial charge is 0.454 e. The maximum absolute atomic E-state index is 11.9. The molecule has 0 unspecified atom stereocenters. The van der Waals surface area contributed by atoms with Crippen molar-refractivity contribution in [3.8, 4) is 11.5 Å². The molecular formula is C16H12N2O5. The monoisotopic (exact) mass is 312 g/mol. The lowest BCUT2D eigenvalue weighted by atomic mass is 10.2. The third-order valence-corrected chi connectivity index (χ3v) is 3.15. The first-order valence-corrected chi connectivity index (χ1v) is 6.75. The minimum Gasteiger partial charge on any atom is -0.454 e. The molecule has 0 saturated heterocycles. The smallest absolute Gasteiger partial charge is 0.270 e. The molecule has 0 radical (unpaired) electrons. The van der Waals surface area contributed by atoms with Crippen molar-refractivity contribution in [2.24, 2.45) is 0 Å². The number of carbonyl (C=O) groups excluding carboxylic acids is 1. The molecule has 2 aromatic rings. The van der Waals surface area contributed by atoms with Crippen LogP contribution in [0.4, 0.5) is 11.4 Å². The number of nitro groups is 1. The molecule has 0 fully saturated rings. The second kappa shape index (κ2) is 6.18. The molecule has 1 aliphatic heterocycles.